The molecule has 0 atom stereocenters. The van der Waals surface area contributed by atoms with Gasteiger partial charge in [-0.25, -0.2) is 0 Å². The van der Waals surface area contributed by atoms with Crippen molar-refractivity contribution in [2.45, 2.75) is 27.4 Å². The van der Waals surface area contributed by atoms with Crippen molar-refractivity contribution in [3.8, 4) is 11.5 Å². The zero-order valence-electron chi connectivity index (χ0n) is 19.8. The Kier molecular flexibility index (Phi) is 8.10. The fourth-order valence-electron chi connectivity index (χ4n) is 4.02. The molecule has 0 fully saturated rings. The highest BCUT2D eigenvalue weighted by molar-refractivity contribution is 9.10. The van der Waals surface area contributed by atoms with Gasteiger partial charge in [-0.2, -0.15) is 0 Å². The zero-order valence-corrected chi connectivity index (χ0v) is 22.9. The third-order valence-electron chi connectivity index (χ3n) is 5.52. The van der Waals surface area contributed by atoms with Crippen molar-refractivity contribution < 1.29 is 14.3 Å². The first-order valence-electron chi connectivity index (χ1n) is 11.4. The number of para-hydroxylation sites is 1. The maximum Gasteiger partial charge on any atom is 0.259 e. The topological polar surface area (TPSA) is 38.8 Å². The Labute approximate surface area is 224 Å². The number of hydrogen-bond acceptors (Lipinski definition) is 3. The van der Waals surface area contributed by atoms with Gasteiger partial charge in [-0.15, -0.1) is 0 Å². The third-order valence-corrected chi connectivity index (χ3v) is 6.85. The second kappa shape index (κ2) is 11.1. The second-order valence-electron chi connectivity index (χ2n) is 8.68. The molecule has 0 saturated carbocycles. The molecule has 7 heteroatoms. The number of anilines is 1. The number of hydrogen-bond donors (Lipinski definition) is 0. The lowest BCUT2D eigenvalue weighted by molar-refractivity contribution is -0.113. The van der Waals surface area contributed by atoms with Crippen molar-refractivity contribution >= 4 is 62.4 Å². The van der Waals surface area contributed by atoms with Crippen LogP contribution in [0.5, 0.6) is 11.5 Å². The van der Waals surface area contributed by atoms with Crippen LogP contribution in [0.4, 0.5) is 5.69 Å². The van der Waals surface area contributed by atoms with Crippen LogP contribution in [-0.4, -0.2) is 19.1 Å². The summed E-state index contributed by atoms with van der Waals surface area (Å²) in [6, 6.07) is 17.1. The molecule has 0 spiro atoms. The fourth-order valence-corrected chi connectivity index (χ4v) is 4.91. The predicted octanol–water partition coefficient (Wildman–Crippen LogP) is 8.28. The maximum absolute atomic E-state index is 13.3. The lowest BCUT2D eigenvalue weighted by Crippen LogP contribution is -2.30. The van der Waals surface area contributed by atoms with E-state index in [1.807, 2.05) is 60.4 Å². The van der Waals surface area contributed by atoms with Gasteiger partial charge in [-0.05, 0) is 76.3 Å². The number of carbonyl (C=O) groups excluding carboxylic acids is 1. The lowest BCUT2D eigenvalue weighted by Gasteiger charge is -2.19. The van der Waals surface area contributed by atoms with E-state index in [-0.39, 0.29) is 5.91 Å². The molecule has 0 radical (unpaired) electrons. The van der Waals surface area contributed by atoms with E-state index in [2.05, 4.69) is 29.8 Å². The van der Waals surface area contributed by atoms with Gasteiger partial charge in [-0.3, -0.25) is 4.79 Å². The van der Waals surface area contributed by atoms with E-state index in [1.165, 1.54) is 0 Å². The van der Waals surface area contributed by atoms with Crippen molar-refractivity contribution in [3.63, 3.8) is 0 Å². The first-order valence-corrected chi connectivity index (χ1v) is 13.0. The molecule has 3 aromatic rings. The normalized spacial score (nSPS) is 14.1. The van der Waals surface area contributed by atoms with Crippen LogP contribution in [0, 0.1) is 5.92 Å². The molecule has 182 valence electrons. The summed E-state index contributed by atoms with van der Waals surface area (Å²) < 4.78 is 12.7. The number of fused-ring (bicyclic) bond motifs is 1. The van der Waals surface area contributed by atoms with Gasteiger partial charge in [0.15, 0.2) is 11.5 Å². The maximum atomic E-state index is 13.3. The second-order valence-corrected chi connectivity index (χ2v) is 10.4. The van der Waals surface area contributed by atoms with Crippen LogP contribution in [0.3, 0.4) is 0 Å². The lowest BCUT2D eigenvalue weighted by atomic mass is 10.0. The predicted molar refractivity (Wildman–Crippen MR) is 148 cm³/mol. The summed E-state index contributed by atoms with van der Waals surface area (Å²) in [5.74, 6) is 1.54. The van der Waals surface area contributed by atoms with Gasteiger partial charge in [-0.1, -0.05) is 61.3 Å². The number of ether oxygens (including phenoxy) is 2. The highest BCUT2D eigenvalue weighted by atomic mass is 79.9. The van der Waals surface area contributed by atoms with Gasteiger partial charge in [0.2, 0.25) is 0 Å². The Hall–Kier alpha value is -2.47. The van der Waals surface area contributed by atoms with Crippen LogP contribution in [-0.2, 0) is 11.4 Å². The Morgan fingerprint density at radius 2 is 1.80 bits per heavy atom. The molecule has 4 nitrogen and oxygen atoms in total. The average molecular weight is 575 g/mol. The Bertz CT molecular complexity index is 1290. The molecular weight excluding hydrogens is 549 g/mol. The summed E-state index contributed by atoms with van der Waals surface area (Å²) in [6.45, 7) is 7.58. The first kappa shape index (κ1) is 25.6. The molecule has 1 heterocycles. The summed E-state index contributed by atoms with van der Waals surface area (Å²) >= 11 is 15.8. The molecule has 0 N–H and O–H groups in total. The molecule has 4 rings (SSSR count). The van der Waals surface area contributed by atoms with Gasteiger partial charge in [0.1, 0.15) is 6.61 Å². The van der Waals surface area contributed by atoms with Crippen LogP contribution in [0.25, 0.3) is 11.6 Å². The molecule has 1 aliphatic rings. The van der Waals surface area contributed by atoms with Crippen LogP contribution in [0.2, 0.25) is 10.0 Å². The average Bonchev–Trinajstić information content (AvgIpc) is 3.06. The molecule has 0 aromatic heterocycles. The molecule has 35 heavy (non-hydrogen) atoms. The minimum Gasteiger partial charge on any atom is -0.490 e. The van der Waals surface area contributed by atoms with E-state index in [0.717, 1.165) is 26.9 Å². The summed E-state index contributed by atoms with van der Waals surface area (Å²) in [4.78, 5) is 15.2. The number of amides is 1. The van der Waals surface area contributed by atoms with E-state index < -0.39 is 0 Å². The minimum atomic E-state index is 0.00826. The first-order chi connectivity index (χ1) is 16.8. The van der Waals surface area contributed by atoms with Crippen LogP contribution >= 0.6 is 39.1 Å². The molecule has 1 amide bonds. The van der Waals surface area contributed by atoms with E-state index in [0.29, 0.717) is 52.8 Å². The molecule has 3 aromatic carbocycles. The standard InChI is InChI=1S/C28H26BrCl2NO3/c1-4-34-26-14-19(12-22(29)27(26)35-16-18-9-10-23(30)24(31)13-18)11-21-20-7-5-6-8-25(20)32(28(21)33)15-17(2)3/h5-14,17H,4,15-16H2,1-3H3/b21-11-. The highest BCUT2D eigenvalue weighted by Gasteiger charge is 2.32. The van der Waals surface area contributed by atoms with Crippen LogP contribution in [0.1, 0.15) is 37.5 Å². The van der Waals surface area contributed by atoms with Gasteiger partial charge in [0, 0.05) is 17.7 Å². The molecule has 0 saturated heterocycles. The van der Waals surface area contributed by atoms with E-state index in [1.54, 1.807) is 12.1 Å². The van der Waals surface area contributed by atoms with Crippen molar-refractivity contribution in [1.82, 2.24) is 0 Å². The molecule has 0 aliphatic carbocycles. The van der Waals surface area contributed by atoms with E-state index in [9.17, 15) is 4.79 Å². The van der Waals surface area contributed by atoms with Gasteiger partial charge in [0.05, 0.1) is 26.8 Å². The smallest absolute Gasteiger partial charge is 0.259 e. The summed E-state index contributed by atoms with van der Waals surface area (Å²) in [5, 5.41) is 0.978. The summed E-state index contributed by atoms with van der Waals surface area (Å²) in [7, 11) is 0. The molecule has 1 aliphatic heterocycles. The van der Waals surface area contributed by atoms with Gasteiger partial charge in [0.25, 0.3) is 5.91 Å². The summed E-state index contributed by atoms with van der Waals surface area (Å²) in [5.41, 5.74) is 4.28. The molecule has 0 unspecified atom stereocenters. The van der Waals surface area contributed by atoms with Crippen molar-refractivity contribution in [1.29, 1.82) is 0 Å². The number of halogens is 3. The Morgan fingerprint density at radius 1 is 1.03 bits per heavy atom. The molecular formula is C28H26BrCl2NO3. The largest absolute Gasteiger partial charge is 0.490 e. The number of rotatable bonds is 8. The van der Waals surface area contributed by atoms with E-state index >= 15 is 0 Å². The SMILES string of the molecule is CCOc1cc(/C=C2\C(=O)N(CC(C)C)c3ccccc32)cc(Br)c1OCc1ccc(Cl)c(Cl)c1. The number of carbonyl (C=O) groups is 1. The van der Waals surface area contributed by atoms with Crippen LogP contribution in [0.15, 0.2) is 59.1 Å². The quantitative estimate of drug-likeness (QED) is 0.254. The third kappa shape index (κ3) is 5.69. The minimum absolute atomic E-state index is 0.00826. The Morgan fingerprint density at radius 3 is 2.51 bits per heavy atom. The summed E-state index contributed by atoms with van der Waals surface area (Å²) in [6.07, 6.45) is 1.91. The van der Waals surface area contributed by atoms with E-state index in [4.69, 9.17) is 32.7 Å². The van der Waals surface area contributed by atoms with Gasteiger partial charge >= 0.3 is 0 Å². The zero-order chi connectivity index (χ0) is 25.1. The number of benzene rings is 3. The van der Waals surface area contributed by atoms with Crippen LogP contribution < -0.4 is 14.4 Å². The number of nitrogens with zero attached hydrogens (tertiary/aromatic N) is 1. The van der Waals surface area contributed by atoms with Crippen molar-refractivity contribution in [2.24, 2.45) is 5.92 Å². The van der Waals surface area contributed by atoms with Crippen molar-refractivity contribution in [3.05, 3.63) is 85.8 Å². The fraction of sp³-hybridized carbons (Fsp3) is 0.250. The Balaban J connectivity index is 1.67. The highest BCUT2D eigenvalue weighted by Crippen LogP contribution is 2.41. The monoisotopic (exact) mass is 573 g/mol. The van der Waals surface area contributed by atoms with Crippen molar-refractivity contribution in [2.75, 3.05) is 18.1 Å². The molecule has 0 bridgehead atoms. The van der Waals surface area contributed by atoms with Gasteiger partial charge < -0.3 is 14.4 Å².